The quantitative estimate of drug-likeness (QED) is 0.355. The first-order valence-corrected chi connectivity index (χ1v) is 10.9. The number of alkyl halides is 3. The number of hydrogen-bond donors (Lipinski definition) is 0. The normalized spacial score (nSPS) is 27.3. The number of halogens is 4. The Kier molecular flexibility index (Phi) is 8.95. The monoisotopic (exact) mass is 450 g/mol. The van der Waals surface area contributed by atoms with Gasteiger partial charge in [0.2, 0.25) is 0 Å². The third kappa shape index (κ3) is 7.89. The Morgan fingerprint density at radius 3 is 2.16 bits per heavy atom. The molecule has 3 rings (SSSR count). The van der Waals surface area contributed by atoms with Gasteiger partial charge in [0.05, 0.1) is 26.4 Å². The maximum atomic E-state index is 13.9. The molecule has 1 aromatic rings. The van der Waals surface area contributed by atoms with Crippen LogP contribution in [0.5, 0.6) is 5.75 Å². The van der Waals surface area contributed by atoms with E-state index in [-0.39, 0.29) is 12.2 Å². The summed E-state index contributed by atoms with van der Waals surface area (Å²) in [7, 11) is 0. The van der Waals surface area contributed by atoms with E-state index in [4.69, 9.17) is 18.9 Å². The average Bonchev–Trinajstić information content (AvgIpc) is 2.74. The van der Waals surface area contributed by atoms with Crippen LogP contribution in [0, 0.1) is 17.7 Å². The van der Waals surface area contributed by atoms with Gasteiger partial charge >= 0.3 is 6.36 Å². The van der Waals surface area contributed by atoms with Gasteiger partial charge < -0.3 is 23.7 Å². The van der Waals surface area contributed by atoms with Crippen molar-refractivity contribution in [3.63, 3.8) is 0 Å². The molecule has 0 atom stereocenters. The minimum Gasteiger partial charge on any atom is -0.403 e. The van der Waals surface area contributed by atoms with Crippen LogP contribution in [0.2, 0.25) is 0 Å². The Balaban J connectivity index is 1.36. The smallest absolute Gasteiger partial charge is 0.403 e. The number of unbranched alkanes of at least 4 members (excludes halogenated alkanes) is 2. The van der Waals surface area contributed by atoms with E-state index in [1.54, 1.807) is 0 Å². The number of rotatable bonds is 9. The lowest BCUT2D eigenvalue weighted by Gasteiger charge is -2.32. The van der Waals surface area contributed by atoms with Crippen LogP contribution in [-0.2, 0) is 18.9 Å². The lowest BCUT2D eigenvalue weighted by molar-refractivity contribution is -0.275. The molecule has 0 bridgehead atoms. The van der Waals surface area contributed by atoms with E-state index < -0.39 is 24.2 Å². The van der Waals surface area contributed by atoms with Crippen molar-refractivity contribution in [3.8, 4) is 5.75 Å². The molecule has 0 unspecified atom stereocenters. The minimum atomic E-state index is -4.95. The average molecular weight is 450 g/mol. The summed E-state index contributed by atoms with van der Waals surface area (Å²) >= 11 is 0. The van der Waals surface area contributed by atoms with E-state index in [1.165, 1.54) is 25.3 Å². The van der Waals surface area contributed by atoms with Gasteiger partial charge in [0.1, 0.15) is 0 Å². The van der Waals surface area contributed by atoms with Crippen molar-refractivity contribution in [2.45, 2.75) is 64.4 Å². The molecule has 9 heteroatoms. The highest BCUT2D eigenvalue weighted by molar-refractivity contribution is 5.30. The summed E-state index contributed by atoms with van der Waals surface area (Å²) in [4.78, 5) is 0. The van der Waals surface area contributed by atoms with Crippen molar-refractivity contribution in [2.75, 3.05) is 26.4 Å². The molecule has 2 fully saturated rings. The Morgan fingerprint density at radius 1 is 0.903 bits per heavy atom. The predicted octanol–water partition coefficient (Wildman–Crippen LogP) is 5.74. The zero-order valence-electron chi connectivity index (χ0n) is 17.7. The molecule has 0 aromatic heterocycles. The van der Waals surface area contributed by atoms with Crippen molar-refractivity contribution >= 4 is 0 Å². The summed E-state index contributed by atoms with van der Waals surface area (Å²) in [5, 5.41) is 0. The second kappa shape index (κ2) is 11.4. The summed E-state index contributed by atoms with van der Waals surface area (Å²) in [6, 6.07) is 3.16. The van der Waals surface area contributed by atoms with Crippen LogP contribution in [0.1, 0.15) is 57.3 Å². The number of hydrogen-bond acceptors (Lipinski definition) is 5. The van der Waals surface area contributed by atoms with Crippen LogP contribution in [0.3, 0.4) is 0 Å². The summed E-state index contributed by atoms with van der Waals surface area (Å²) < 4.78 is 77.2. The van der Waals surface area contributed by atoms with Gasteiger partial charge in [0.15, 0.2) is 24.1 Å². The summed E-state index contributed by atoms with van der Waals surface area (Å²) in [5.41, 5.74) is 0.304. The molecule has 0 spiro atoms. The van der Waals surface area contributed by atoms with Crippen LogP contribution in [-0.4, -0.2) is 39.1 Å². The van der Waals surface area contributed by atoms with Crippen molar-refractivity contribution < 1.29 is 41.2 Å². The van der Waals surface area contributed by atoms with Gasteiger partial charge in [-0.25, -0.2) is 4.39 Å². The predicted molar refractivity (Wildman–Crippen MR) is 104 cm³/mol. The minimum absolute atomic E-state index is 0.142. The Morgan fingerprint density at radius 2 is 1.55 bits per heavy atom. The van der Waals surface area contributed by atoms with Crippen LogP contribution in [0.4, 0.5) is 17.6 Å². The molecule has 0 saturated carbocycles. The third-order valence-electron chi connectivity index (χ3n) is 5.48. The molecule has 2 saturated heterocycles. The van der Waals surface area contributed by atoms with E-state index in [2.05, 4.69) is 11.7 Å². The first kappa shape index (κ1) is 24.2. The number of benzene rings is 1. The molecule has 176 valence electrons. The van der Waals surface area contributed by atoms with Gasteiger partial charge in [-0.15, -0.1) is 13.2 Å². The second-order valence-electron chi connectivity index (χ2n) is 8.14. The molecule has 2 heterocycles. The van der Waals surface area contributed by atoms with E-state index in [9.17, 15) is 17.6 Å². The van der Waals surface area contributed by atoms with Crippen molar-refractivity contribution in [1.82, 2.24) is 0 Å². The molecular weight excluding hydrogens is 420 g/mol. The van der Waals surface area contributed by atoms with Crippen LogP contribution < -0.4 is 4.74 Å². The second-order valence-corrected chi connectivity index (χ2v) is 8.14. The van der Waals surface area contributed by atoms with Gasteiger partial charge in [-0.05, 0) is 31.4 Å². The topological polar surface area (TPSA) is 46.2 Å². The van der Waals surface area contributed by atoms with Crippen LogP contribution in [0.15, 0.2) is 18.2 Å². The molecular formula is C22H30F4O5. The van der Waals surface area contributed by atoms with Gasteiger partial charge in [-0.2, -0.15) is 0 Å². The molecule has 0 N–H and O–H groups in total. The van der Waals surface area contributed by atoms with Crippen LogP contribution in [0.25, 0.3) is 0 Å². The van der Waals surface area contributed by atoms with Crippen molar-refractivity contribution in [2.24, 2.45) is 11.8 Å². The highest BCUT2D eigenvalue weighted by Gasteiger charge is 2.33. The zero-order valence-corrected chi connectivity index (χ0v) is 17.7. The van der Waals surface area contributed by atoms with Crippen LogP contribution >= 0.6 is 0 Å². The maximum Gasteiger partial charge on any atom is 0.573 e. The van der Waals surface area contributed by atoms with Gasteiger partial charge in [0.25, 0.3) is 0 Å². The first-order valence-electron chi connectivity index (χ1n) is 10.9. The largest absolute Gasteiger partial charge is 0.573 e. The van der Waals surface area contributed by atoms with E-state index in [0.717, 1.165) is 44.6 Å². The van der Waals surface area contributed by atoms with Gasteiger partial charge in [-0.1, -0.05) is 32.3 Å². The molecule has 1 aromatic carbocycles. The Labute approximate surface area is 179 Å². The highest BCUT2D eigenvalue weighted by Crippen LogP contribution is 2.32. The lowest BCUT2D eigenvalue weighted by Crippen LogP contribution is -2.33. The van der Waals surface area contributed by atoms with Crippen molar-refractivity contribution in [1.29, 1.82) is 0 Å². The Hall–Kier alpha value is -1.42. The van der Waals surface area contributed by atoms with E-state index in [1.807, 2.05) is 0 Å². The van der Waals surface area contributed by atoms with Gasteiger partial charge in [0, 0.05) is 17.4 Å². The molecule has 0 amide bonds. The zero-order chi connectivity index (χ0) is 22.3. The summed E-state index contributed by atoms with van der Waals surface area (Å²) in [6.45, 7) is 4.45. The molecule has 0 aliphatic carbocycles. The molecule has 31 heavy (non-hydrogen) atoms. The molecule has 2 aliphatic rings. The maximum absolute atomic E-state index is 13.9. The first-order chi connectivity index (χ1) is 14.8. The van der Waals surface area contributed by atoms with E-state index >= 15 is 0 Å². The Bertz CT molecular complexity index is 668. The fraction of sp³-hybridized carbons (Fsp3) is 0.727. The SMILES string of the molecule is CCCCC[C@H]1CO[C@H](CC[C@H]2CO[C@H](c3ccc(OC(F)(F)F)c(F)c3)OC2)OC1. The number of ether oxygens (including phenoxy) is 5. The fourth-order valence-electron chi connectivity index (χ4n) is 3.74. The lowest BCUT2D eigenvalue weighted by atomic mass is 10.0. The molecule has 5 nitrogen and oxygen atoms in total. The standard InChI is InChI=1S/C22H30F4O5/c1-2-3-4-5-15-11-27-20(28-12-15)9-6-16-13-29-21(30-14-16)17-7-8-19(18(23)10-17)31-22(24,25)26/h7-8,10,15-16,20-21H,2-6,9,11-14H2,1H3/t15-,16-,20-,21-. The molecule has 2 aliphatic heterocycles. The molecule has 0 radical (unpaired) electrons. The van der Waals surface area contributed by atoms with Gasteiger partial charge in [-0.3, -0.25) is 0 Å². The summed E-state index contributed by atoms with van der Waals surface area (Å²) in [5.74, 6) is -1.39. The van der Waals surface area contributed by atoms with E-state index in [0.29, 0.717) is 24.7 Å². The highest BCUT2D eigenvalue weighted by atomic mass is 19.4. The fourth-order valence-corrected chi connectivity index (χ4v) is 3.74. The third-order valence-corrected chi connectivity index (χ3v) is 5.48. The summed E-state index contributed by atoms with van der Waals surface area (Å²) in [6.07, 6.45) is 0.333. The van der Waals surface area contributed by atoms with Crippen molar-refractivity contribution in [3.05, 3.63) is 29.6 Å².